The van der Waals surface area contributed by atoms with Gasteiger partial charge in [-0.2, -0.15) is 0 Å². The van der Waals surface area contributed by atoms with Crippen molar-refractivity contribution in [3.8, 4) is 10.6 Å². The Bertz CT molecular complexity index is 1080. The Labute approximate surface area is 192 Å². The molecule has 2 atom stereocenters. The van der Waals surface area contributed by atoms with Crippen molar-refractivity contribution in [3.63, 3.8) is 0 Å². The molecule has 0 bridgehead atoms. The molecule has 0 saturated carbocycles. The predicted molar refractivity (Wildman–Crippen MR) is 125 cm³/mol. The summed E-state index contributed by atoms with van der Waals surface area (Å²) < 4.78 is 6.10. The Balaban J connectivity index is 1.53. The monoisotopic (exact) mass is 451 g/mol. The third-order valence-corrected chi connectivity index (χ3v) is 6.81. The summed E-state index contributed by atoms with van der Waals surface area (Å²) in [6.45, 7) is 8.00. The lowest BCUT2D eigenvalue weighted by Crippen LogP contribution is -2.51. The van der Waals surface area contributed by atoms with Crippen molar-refractivity contribution in [3.05, 3.63) is 70.7 Å². The first-order valence-electron chi connectivity index (χ1n) is 10.8. The molecule has 1 amide bonds. The van der Waals surface area contributed by atoms with Crippen molar-refractivity contribution in [2.45, 2.75) is 57.8 Å². The summed E-state index contributed by atoms with van der Waals surface area (Å²) in [6, 6.07) is 17.7. The van der Waals surface area contributed by atoms with Crippen LogP contribution < -0.4 is 0 Å². The van der Waals surface area contributed by atoms with Crippen LogP contribution in [0.4, 0.5) is 4.79 Å². The van der Waals surface area contributed by atoms with Gasteiger partial charge in [0.1, 0.15) is 15.6 Å². The number of cyclic esters (lactones) is 1. The van der Waals surface area contributed by atoms with Crippen LogP contribution in [0.15, 0.2) is 54.6 Å². The number of rotatable bonds is 6. The summed E-state index contributed by atoms with van der Waals surface area (Å²) in [5.74, 6) is 0. The van der Waals surface area contributed by atoms with Crippen molar-refractivity contribution in [1.29, 1.82) is 0 Å². The minimum absolute atomic E-state index is 0.136. The number of hydrogen-bond donors (Lipinski definition) is 1. The van der Waals surface area contributed by atoms with E-state index < -0.39 is 11.2 Å². The molecule has 1 unspecified atom stereocenters. The molecule has 1 aromatic heterocycles. The number of ether oxygens (including phenoxy) is 1. The smallest absolute Gasteiger partial charge is 0.411 e. The Kier molecular flexibility index (Phi) is 6.05. The Morgan fingerprint density at radius 2 is 1.84 bits per heavy atom. The lowest BCUT2D eigenvalue weighted by Gasteiger charge is -2.45. The molecule has 0 spiro atoms. The zero-order chi connectivity index (χ0) is 22.9. The number of amides is 1. The van der Waals surface area contributed by atoms with E-state index in [0.29, 0.717) is 19.4 Å². The lowest BCUT2D eigenvalue weighted by molar-refractivity contribution is -0.101. The Morgan fingerprint density at radius 1 is 1.16 bits per heavy atom. The molecule has 7 heteroatoms. The van der Waals surface area contributed by atoms with Crippen LogP contribution in [0.1, 0.15) is 55.8 Å². The van der Waals surface area contributed by atoms with E-state index in [2.05, 4.69) is 10.2 Å². The zero-order valence-electron chi connectivity index (χ0n) is 18.9. The first-order valence-corrected chi connectivity index (χ1v) is 11.7. The molecule has 1 saturated heterocycles. The summed E-state index contributed by atoms with van der Waals surface area (Å²) >= 11 is 1.56. The number of nitrogens with zero attached hydrogens (tertiary/aromatic N) is 3. The average Bonchev–Trinajstić information content (AvgIpc) is 3.19. The van der Waals surface area contributed by atoms with Crippen LogP contribution in [0.3, 0.4) is 0 Å². The van der Waals surface area contributed by atoms with Crippen molar-refractivity contribution in [2.24, 2.45) is 0 Å². The fourth-order valence-electron chi connectivity index (χ4n) is 4.39. The maximum Gasteiger partial charge on any atom is 0.411 e. The van der Waals surface area contributed by atoms with E-state index >= 15 is 0 Å². The summed E-state index contributed by atoms with van der Waals surface area (Å²) in [7, 11) is 0. The summed E-state index contributed by atoms with van der Waals surface area (Å²) in [4.78, 5) is 14.9. The predicted octanol–water partition coefficient (Wildman–Crippen LogP) is 5.47. The summed E-state index contributed by atoms with van der Waals surface area (Å²) in [6.07, 6.45) is 0.591. The maximum atomic E-state index is 13.2. The normalized spacial score (nSPS) is 20.2. The second-order valence-electron chi connectivity index (χ2n) is 9.09. The van der Waals surface area contributed by atoms with E-state index in [0.717, 1.165) is 26.7 Å². The molecular weight excluding hydrogens is 422 g/mol. The second kappa shape index (κ2) is 8.64. The van der Waals surface area contributed by atoms with Crippen molar-refractivity contribution in [2.75, 3.05) is 6.54 Å². The highest BCUT2D eigenvalue weighted by Gasteiger charge is 2.46. The first-order chi connectivity index (χ1) is 15.2. The van der Waals surface area contributed by atoms with Gasteiger partial charge >= 0.3 is 6.09 Å². The fraction of sp³-hybridized carbons (Fsp3) is 0.400. The fourth-order valence-corrected chi connectivity index (χ4v) is 5.09. The number of benzene rings is 2. The summed E-state index contributed by atoms with van der Waals surface area (Å²) in [5, 5.41) is 20.6. The summed E-state index contributed by atoms with van der Waals surface area (Å²) in [5.41, 5.74) is 1.15. The Morgan fingerprint density at radius 3 is 2.41 bits per heavy atom. The number of hydrogen-bond acceptors (Lipinski definition) is 6. The van der Waals surface area contributed by atoms with Gasteiger partial charge in [0.05, 0.1) is 11.6 Å². The minimum atomic E-state index is -0.969. The highest BCUT2D eigenvalue weighted by atomic mass is 32.1. The molecule has 6 nitrogen and oxygen atoms in total. The number of aromatic nitrogens is 2. The van der Waals surface area contributed by atoms with Crippen LogP contribution in [0.25, 0.3) is 10.6 Å². The maximum absolute atomic E-state index is 13.2. The standard InChI is InChI=1S/C25H29N3O3S/c1-17(19-10-12-20(13-11-19)22-27-26-18(2)32-22)28-15-14-25(31-23(28)29,16-24(3,4)30)21-8-6-5-7-9-21/h5-13,17,30H,14-16H2,1-4H3/t17?,25-/m0/s1. The average molecular weight is 452 g/mol. The van der Waals surface area contributed by atoms with E-state index in [1.165, 1.54) is 0 Å². The van der Waals surface area contributed by atoms with Crippen LogP contribution in [0.2, 0.25) is 0 Å². The third kappa shape index (κ3) is 4.69. The molecule has 3 aromatic rings. The van der Waals surface area contributed by atoms with Gasteiger partial charge in [-0.15, -0.1) is 10.2 Å². The van der Waals surface area contributed by atoms with Crippen LogP contribution >= 0.6 is 11.3 Å². The molecule has 2 aromatic carbocycles. The van der Waals surface area contributed by atoms with Crippen molar-refractivity contribution in [1.82, 2.24) is 15.1 Å². The number of aliphatic hydroxyl groups is 1. The second-order valence-corrected chi connectivity index (χ2v) is 10.3. The van der Waals surface area contributed by atoms with Crippen molar-refractivity contribution < 1.29 is 14.6 Å². The van der Waals surface area contributed by atoms with Gasteiger partial charge < -0.3 is 14.7 Å². The van der Waals surface area contributed by atoms with E-state index in [1.807, 2.05) is 68.4 Å². The number of aryl methyl sites for hydroxylation is 1. The zero-order valence-corrected chi connectivity index (χ0v) is 19.7. The van der Waals surface area contributed by atoms with Gasteiger partial charge in [-0.1, -0.05) is 65.9 Å². The number of carbonyl (C=O) groups excluding carboxylic acids is 1. The first kappa shape index (κ1) is 22.4. The molecule has 2 heterocycles. The molecule has 32 heavy (non-hydrogen) atoms. The van der Waals surface area contributed by atoms with Gasteiger partial charge in [0, 0.05) is 24.9 Å². The molecule has 1 aliphatic rings. The van der Waals surface area contributed by atoms with Crippen LogP contribution in [-0.2, 0) is 10.3 Å². The molecule has 0 radical (unpaired) electrons. The quantitative estimate of drug-likeness (QED) is 0.538. The van der Waals surface area contributed by atoms with Gasteiger partial charge in [-0.3, -0.25) is 0 Å². The lowest BCUT2D eigenvalue weighted by atomic mass is 9.80. The third-order valence-electron chi connectivity index (χ3n) is 5.93. The van der Waals surface area contributed by atoms with Gasteiger partial charge in [0.25, 0.3) is 0 Å². The number of carbonyl (C=O) groups is 1. The van der Waals surface area contributed by atoms with Crippen LogP contribution in [0.5, 0.6) is 0 Å². The molecule has 168 valence electrons. The molecule has 1 aliphatic heterocycles. The molecular formula is C25H29N3O3S. The molecule has 1 fully saturated rings. The largest absolute Gasteiger partial charge is 0.438 e. The molecule has 1 N–H and O–H groups in total. The van der Waals surface area contributed by atoms with Gasteiger partial charge in [0.2, 0.25) is 0 Å². The van der Waals surface area contributed by atoms with Crippen LogP contribution in [-0.4, -0.2) is 38.4 Å². The topological polar surface area (TPSA) is 75.6 Å². The van der Waals surface area contributed by atoms with Crippen molar-refractivity contribution >= 4 is 17.4 Å². The van der Waals surface area contributed by atoms with E-state index in [4.69, 9.17) is 4.74 Å². The van der Waals surface area contributed by atoms with Gasteiger partial charge in [-0.25, -0.2) is 4.79 Å². The van der Waals surface area contributed by atoms with Crippen LogP contribution in [0, 0.1) is 6.92 Å². The van der Waals surface area contributed by atoms with E-state index in [-0.39, 0.29) is 12.1 Å². The molecule has 4 rings (SSSR count). The van der Waals surface area contributed by atoms with E-state index in [1.54, 1.807) is 30.1 Å². The van der Waals surface area contributed by atoms with E-state index in [9.17, 15) is 9.90 Å². The Hall–Kier alpha value is -2.77. The SMILES string of the molecule is Cc1nnc(-c2ccc(C(C)N3CC[C@](CC(C)(C)O)(c4ccccc4)OC3=O)cc2)s1. The highest BCUT2D eigenvalue weighted by Crippen LogP contribution is 2.42. The highest BCUT2D eigenvalue weighted by molar-refractivity contribution is 7.14. The van der Waals surface area contributed by atoms with Gasteiger partial charge in [-0.05, 0) is 38.8 Å². The molecule has 0 aliphatic carbocycles. The minimum Gasteiger partial charge on any atom is -0.438 e. The van der Waals surface area contributed by atoms with Gasteiger partial charge in [0.15, 0.2) is 0 Å².